The van der Waals surface area contributed by atoms with Gasteiger partial charge in [-0.1, -0.05) is 6.42 Å². The molecule has 0 aromatic rings. The average molecular weight is 328 g/mol. The van der Waals surface area contributed by atoms with Gasteiger partial charge in [-0.05, 0) is 32.1 Å². The van der Waals surface area contributed by atoms with Crippen molar-refractivity contribution in [1.82, 2.24) is 9.62 Å². The molecule has 8 heteroatoms. The van der Waals surface area contributed by atoms with Crippen LogP contribution in [0.1, 0.15) is 38.5 Å². The van der Waals surface area contributed by atoms with Crippen LogP contribution in [0.5, 0.6) is 0 Å². The van der Waals surface area contributed by atoms with Crippen molar-refractivity contribution in [1.29, 1.82) is 0 Å². The molecule has 124 valence electrons. The zero-order valence-corrected chi connectivity index (χ0v) is 13.0. The van der Waals surface area contributed by atoms with E-state index in [1.807, 2.05) is 0 Å². The highest BCUT2D eigenvalue weighted by Gasteiger charge is 2.42. The van der Waals surface area contributed by atoms with Crippen molar-refractivity contribution in [2.75, 3.05) is 19.3 Å². The summed E-state index contributed by atoms with van der Waals surface area (Å²) in [5, 5.41) is 3.16. The Hall–Kier alpha value is -0.340. The summed E-state index contributed by atoms with van der Waals surface area (Å²) >= 11 is 0. The zero-order valence-electron chi connectivity index (χ0n) is 12.2. The van der Waals surface area contributed by atoms with Gasteiger partial charge in [-0.25, -0.2) is 8.42 Å². The van der Waals surface area contributed by atoms with Gasteiger partial charge in [-0.3, -0.25) is 0 Å². The minimum Gasteiger partial charge on any atom is -0.312 e. The van der Waals surface area contributed by atoms with Gasteiger partial charge in [0.2, 0.25) is 10.0 Å². The van der Waals surface area contributed by atoms with Crippen LogP contribution in [-0.2, 0) is 10.0 Å². The molecule has 21 heavy (non-hydrogen) atoms. The predicted molar refractivity (Wildman–Crippen MR) is 74.4 cm³/mol. The molecule has 0 spiro atoms. The Balaban J connectivity index is 1.85. The van der Waals surface area contributed by atoms with E-state index in [9.17, 15) is 21.6 Å². The molecule has 0 amide bonds. The lowest BCUT2D eigenvalue weighted by Crippen LogP contribution is -2.46. The van der Waals surface area contributed by atoms with Crippen LogP contribution in [0.25, 0.3) is 0 Å². The third-order valence-corrected chi connectivity index (χ3v) is 5.86. The Kier molecular flexibility index (Phi) is 5.20. The Bertz CT molecular complexity index is 453. The first-order valence-corrected chi connectivity index (χ1v) is 9.29. The molecule has 1 saturated heterocycles. The van der Waals surface area contributed by atoms with Gasteiger partial charge in [0.15, 0.2) is 0 Å². The van der Waals surface area contributed by atoms with E-state index in [4.69, 9.17) is 0 Å². The normalized spacial score (nSPS) is 32.5. The third-order valence-electron chi connectivity index (χ3n) is 4.53. The maximum Gasteiger partial charge on any atom is 0.391 e. The Morgan fingerprint density at radius 3 is 2.52 bits per heavy atom. The van der Waals surface area contributed by atoms with Crippen LogP contribution in [0.3, 0.4) is 0 Å². The minimum atomic E-state index is -4.12. The SMILES string of the molecule is CS(=O)(=O)N1CCC[C@@H]1CN[C@@H]1CCC[C@H](C(F)(F)F)C1. The van der Waals surface area contributed by atoms with E-state index in [2.05, 4.69) is 5.32 Å². The van der Waals surface area contributed by atoms with Gasteiger partial charge in [-0.2, -0.15) is 17.5 Å². The monoisotopic (exact) mass is 328 g/mol. The first-order chi connectivity index (χ1) is 9.68. The van der Waals surface area contributed by atoms with Gasteiger partial charge >= 0.3 is 6.18 Å². The number of sulfonamides is 1. The third kappa shape index (κ3) is 4.56. The van der Waals surface area contributed by atoms with E-state index in [1.165, 1.54) is 10.6 Å². The van der Waals surface area contributed by atoms with Crippen LogP contribution in [0.2, 0.25) is 0 Å². The molecule has 2 aliphatic rings. The fraction of sp³-hybridized carbons (Fsp3) is 1.00. The summed E-state index contributed by atoms with van der Waals surface area (Å²) in [6.07, 6.45) is 0.277. The first-order valence-electron chi connectivity index (χ1n) is 7.45. The molecule has 0 aromatic carbocycles. The molecule has 2 fully saturated rings. The number of nitrogens with zero attached hydrogens (tertiary/aromatic N) is 1. The molecule has 1 heterocycles. The molecule has 2 rings (SSSR count). The highest BCUT2D eigenvalue weighted by molar-refractivity contribution is 7.88. The molecule has 0 bridgehead atoms. The van der Waals surface area contributed by atoms with Crippen LogP contribution < -0.4 is 5.32 Å². The van der Waals surface area contributed by atoms with Crippen LogP contribution >= 0.6 is 0 Å². The minimum absolute atomic E-state index is 0.106. The lowest BCUT2D eigenvalue weighted by Gasteiger charge is -2.32. The average Bonchev–Trinajstić information content (AvgIpc) is 2.84. The first kappa shape index (κ1) is 17.0. The summed E-state index contributed by atoms with van der Waals surface area (Å²) < 4.78 is 63.0. The highest BCUT2D eigenvalue weighted by atomic mass is 32.2. The molecule has 3 atom stereocenters. The van der Waals surface area contributed by atoms with Gasteiger partial charge in [0.1, 0.15) is 0 Å². The van der Waals surface area contributed by atoms with Crippen molar-refractivity contribution in [3.05, 3.63) is 0 Å². The van der Waals surface area contributed by atoms with Crippen molar-refractivity contribution in [3.8, 4) is 0 Å². The van der Waals surface area contributed by atoms with E-state index in [0.717, 1.165) is 19.3 Å². The quantitative estimate of drug-likeness (QED) is 0.860. The second kappa shape index (κ2) is 6.42. The van der Waals surface area contributed by atoms with E-state index in [0.29, 0.717) is 19.5 Å². The number of hydrogen-bond acceptors (Lipinski definition) is 3. The van der Waals surface area contributed by atoms with E-state index >= 15 is 0 Å². The Morgan fingerprint density at radius 2 is 1.90 bits per heavy atom. The molecule has 0 radical (unpaired) electrons. The van der Waals surface area contributed by atoms with Gasteiger partial charge in [0.05, 0.1) is 12.2 Å². The van der Waals surface area contributed by atoms with Gasteiger partial charge in [0.25, 0.3) is 0 Å². The van der Waals surface area contributed by atoms with E-state index in [-0.39, 0.29) is 24.9 Å². The summed E-state index contributed by atoms with van der Waals surface area (Å²) in [5.74, 6) is -1.22. The number of hydrogen-bond donors (Lipinski definition) is 1. The topological polar surface area (TPSA) is 49.4 Å². The van der Waals surface area contributed by atoms with Gasteiger partial charge < -0.3 is 5.32 Å². The van der Waals surface area contributed by atoms with Crippen LogP contribution in [0.15, 0.2) is 0 Å². The van der Waals surface area contributed by atoms with Crippen molar-refractivity contribution in [2.24, 2.45) is 5.92 Å². The fourth-order valence-electron chi connectivity index (χ4n) is 3.42. The number of nitrogens with one attached hydrogen (secondary N) is 1. The molecular weight excluding hydrogens is 305 g/mol. The smallest absolute Gasteiger partial charge is 0.312 e. The Morgan fingerprint density at radius 1 is 1.19 bits per heavy atom. The van der Waals surface area contributed by atoms with Gasteiger partial charge in [0, 0.05) is 25.2 Å². The van der Waals surface area contributed by atoms with Crippen molar-refractivity contribution < 1.29 is 21.6 Å². The summed E-state index contributed by atoms with van der Waals surface area (Å²) in [5.41, 5.74) is 0. The number of halogens is 3. The summed E-state index contributed by atoms with van der Waals surface area (Å²) in [4.78, 5) is 0. The maximum atomic E-state index is 12.8. The molecular formula is C13H23F3N2O2S. The van der Waals surface area contributed by atoms with Crippen molar-refractivity contribution >= 4 is 10.0 Å². The second-order valence-electron chi connectivity index (χ2n) is 6.18. The van der Waals surface area contributed by atoms with Crippen molar-refractivity contribution in [2.45, 2.75) is 56.8 Å². The largest absolute Gasteiger partial charge is 0.391 e. The molecule has 0 unspecified atom stereocenters. The van der Waals surface area contributed by atoms with Crippen LogP contribution in [-0.4, -0.2) is 50.3 Å². The number of rotatable bonds is 4. The summed E-state index contributed by atoms with van der Waals surface area (Å²) in [7, 11) is -3.23. The zero-order chi connectivity index (χ0) is 15.7. The Labute approximate surface area is 124 Å². The van der Waals surface area contributed by atoms with Crippen molar-refractivity contribution in [3.63, 3.8) is 0 Å². The summed E-state index contributed by atoms with van der Waals surface area (Å²) in [6, 6.07) is -0.279. The summed E-state index contributed by atoms with van der Waals surface area (Å²) in [6.45, 7) is 0.962. The standard InChI is InChI=1S/C13H23F3N2O2S/c1-21(19,20)18-7-3-6-12(18)9-17-11-5-2-4-10(8-11)13(14,15)16/h10-12,17H,2-9H2,1H3/t10-,11+,12+/m0/s1. The molecule has 1 saturated carbocycles. The van der Waals surface area contributed by atoms with Crippen LogP contribution in [0.4, 0.5) is 13.2 Å². The molecule has 1 aliphatic heterocycles. The lowest BCUT2D eigenvalue weighted by molar-refractivity contribution is -0.183. The fourth-order valence-corrected chi connectivity index (χ4v) is 4.61. The second-order valence-corrected chi connectivity index (χ2v) is 8.12. The number of alkyl halides is 3. The van der Waals surface area contributed by atoms with E-state index < -0.39 is 22.1 Å². The molecule has 1 aliphatic carbocycles. The van der Waals surface area contributed by atoms with E-state index in [1.54, 1.807) is 0 Å². The molecule has 4 nitrogen and oxygen atoms in total. The predicted octanol–water partition coefficient (Wildman–Crippen LogP) is 2.12. The van der Waals surface area contributed by atoms with Crippen LogP contribution in [0, 0.1) is 5.92 Å². The van der Waals surface area contributed by atoms with Gasteiger partial charge in [-0.15, -0.1) is 0 Å². The lowest BCUT2D eigenvalue weighted by atomic mass is 9.85. The molecule has 1 N–H and O–H groups in total. The molecule has 0 aromatic heterocycles. The highest BCUT2D eigenvalue weighted by Crippen LogP contribution is 2.37. The maximum absolute atomic E-state index is 12.8.